The van der Waals surface area contributed by atoms with Crippen molar-refractivity contribution in [2.24, 2.45) is 0 Å². The van der Waals surface area contributed by atoms with E-state index in [1.165, 1.54) is 10.9 Å². The van der Waals surface area contributed by atoms with E-state index in [-0.39, 0.29) is 22.3 Å². The second-order valence-corrected chi connectivity index (χ2v) is 4.72. The number of fused-ring (bicyclic) bond motifs is 1. The van der Waals surface area contributed by atoms with Gasteiger partial charge in [0.15, 0.2) is 23.9 Å². The maximum Gasteiger partial charge on any atom is 0.226 e. The van der Waals surface area contributed by atoms with Crippen molar-refractivity contribution in [3.8, 4) is 0 Å². The second kappa shape index (κ2) is 4.77. The highest BCUT2D eigenvalue weighted by Gasteiger charge is 2.45. The SMILES string of the molecule is [15NH2]c1[15n][13c](Cl)[15n]c2c1ncn2[C@@H]1O[C@H](CO)[C@@H](O)[C@@H]1F. The average Bonchev–Trinajstić information content (AvgIpc) is 2.93. The van der Waals surface area contributed by atoms with Gasteiger partial charge >= 0.3 is 0 Å². The highest BCUT2D eigenvalue weighted by Crippen LogP contribution is 2.34. The third kappa shape index (κ3) is 1.90. The Morgan fingerprint density at radius 3 is 2.90 bits per heavy atom. The van der Waals surface area contributed by atoms with Gasteiger partial charge in [0.2, 0.25) is 5.28 Å². The molecular weight excluding hydrogens is 297 g/mol. The molecule has 20 heavy (non-hydrogen) atoms. The first kappa shape index (κ1) is 13.4. The maximum absolute atomic E-state index is 14.1. The van der Waals surface area contributed by atoms with Crippen molar-refractivity contribution in [1.82, 2.24) is 19.5 Å². The Morgan fingerprint density at radius 1 is 1.50 bits per heavy atom. The van der Waals surface area contributed by atoms with Gasteiger partial charge in [-0.05, 0) is 11.6 Å². The minimum Gasteiger partial charge on any atom is -0.394 e. The Hall–Kier alpha value is -1.55. The largest absolute Gasteiger partial charge is 0.394 e. The number of imidazole rings is 1. The Kier molecular flexibility index (Phi) is 3.21. The third-order valence-electron chi connectivity index (χ3n) is 3.17. The molecule has 2 aromatic heterocycles. The number of halogens is 2. The molecule has 1 fully saturated rings. The predicted molar refractivity (Wildman–Crippen MR) is 66.6 cm³/mol. The van der Waals surface area contributed by atoms with Crippen LogP contribution < -0.4 is 5.73 Å². The van der Waals surface area contributed by atoms with Crippen molar-refractivity contribution < 1.29 is 19.3 Å². The van der Waals surface area contributed by atoms with Crippen molar-refractivity contribution in [2.45, 2.75) is 24.6 Å². The summed E-state index contributed by atoms with van der Waals surface area (Å²) in [5, 5.41) is 18.6. The minimum atomic E-state index is -1.74. The zero-order chi connectivity index (χ0) is 14.4. The standard InChI is InChI=1S/C10H11ClFN5O3/c11-10-15-7(13)5-8(16-10)17(2-14-5)9-4(12)6(19)3(1-18)20-9/h2-4,6,9,18-19H,1H2,(H2,13,15,16)/t3-,4+,6-,9-/m1/s1/i10+1,13+1,15+1,16+1. The number of aliphatic hydroxyl groups is 2. The number of hydrogen-bond donors (Lipinski definition) is 3. The lowest BCUT2D eigenvalue weighted by molar-refractivity contribution is -0.0459. The summed E-state index contributed by atoms with van der Waals surface area (Å²) in [7, 11) is 0. The van der Waals surface area contributed by atoms with E-state index in [2.05, 4.69) is 15.0 Å². The molecule has 0 spiro atoms. The van der Waals surface area contributed by atoms with Crippen LogP contribution in [0.4, 0.5) is 10.2 Å². The Labute approximate surface area is 117 Å². The van der Waals surface area contributed by atoms with Gasteiger partial charge in [0.1, 0.15) is 17.7 Å². The molecule has 1 aliphatic rings. The molecule has 0 saturated carbocycles. The van der Waals surface area contributed by atoms with Gasteiger partial charge < -0.3 is 20.7 Å². The third-order valence-corrected chi connectivity index (χ3v) is 3.34. The molecule has 0 bridgehead atoms. The summed E-state index contributed by atoms with van der Waals surface area (Å²) in [4.78, 5) is 11.7. The Balaban J connectivity index is 2.07. The summed E-state index contributed by atoms with van der Waals surface area (Å²) in [6, 6.07) is 0. The van der Waals surface area contributed by atoms with E-state index in [9.17, 15) is 9.50 Å². The van der Waals surface area contributed by atoms with Gasteiger partial charge in [-0.2, -0.15) is 9.97 Å². The van der Waals surface area contributed by atoms with Gasteiger partial charge in [0.25, 0.3) is 0 Å². The number of aliphatic hydroxyl groups excluding tert-OH is 2. The number of nitrogens with zero attached hydrogens (tertiary/aromatic N) is 4. The van der Waals surface area contributed by atoms with Crippen molar-refractivity contribution in [1.29, 1.82) is 0 Å². The van der Waals surface area contributed by atoms with E-state index >= 15 is 0 Å². The van der Waals surface area contributed by atoms with Crippen LogP contribution >= 0.6 is 11.6 Å². The normalized spacial score (nSPS) is 30.2. The molecule has 4 N–H and O–H groups in total. The Bertz CT molecular complexity index is 653. The van der Waals surface area contributed by atoms with Crippen molar-refractivity contribution in [3.05, 3.63) is 11.6 Å². The quantitative estimate of drug-likeness (QED) is 0.512. The molecule has 4 atom stereocenters. The van der Waals surface area contributed by atoms with E-state index in [4.69, 9.17) is 27.2 Å². The van der Waals surface area contributed by atoms with Crippen molar-refractivity contribution in [3.63, 3.8) is 0 Å². The van der Waals surface area contributed by atoms with Crippen LogP contribution in [0.15, 0.2) is 6.33 Å². The first-order valence-electron chi connectivity index (χ1n) is 5.77. The van der Waals surface area contributed by atoms with Crippen LogP contribution in [-0.2, 0) is 4.74 Å². The van der Waals surface area contributed by atoms with E-state index in [0.717, 1.165) is 0 Å². The van der Waals surface area contributed by atoms with Crippen LogP contribution in [0.1, 0.15) is 6.23 Å². The number of rotatable bonds is 2. The summed E-state index contributed by atoms with van der Waals surface area (Å²) in [5.74, 6) is 0.0615. The molecule has 0 aliphatic carbocycles. The minimum absolute atomic E-state index is 0.0615. The predicted octanol–water partition coefficient (Wildman–Crippen LogP) is -0.349. The molecule has 0 radical (unpaired) electrons. The Morgan fingerprint density at radius 2 is 2.25 bits per heavy atom. The van der Waals surface area contributed by atoms with Gasteiger partial charge in [0.05, 0.1) is 12.9 Å². The van der Waals surface area contributed by atoms with Crippen molar-refractivity contribution >= 4 is 28.6 Å². The fraction of sp³-hybridized carbons (Fsp3) is 0.500. The lowest BCUT2D eigenvalue weighted by Gasteiger charge is -2.15. The molecule has 1 aliphatic heterocycles. The second-order valence-electron chi connectivity index (χ2n) is 4.38. The first-order chi connectivity index (χ1) is 9.52. The van der Waals surface area contributed by atoms with Gasteiger partial charge in [-0.25, -0.2) is 9.37 Å². The number of nitrogens with two attached hydrogens (primary N) is 1. The maximum atomic E-state index is 14.1. The highest BCUT2D eigenvalue weighted by atomic mass is 35.5. The van der Waals surface area contributed by atoms with Crippen LogP contribution in [-0.4, -0.2) is 54.7 Å². The highest BCUT2D eigenvalue weighted by molar-refractivity contribution is 6.28. The molecule has 0 aromatic carbocycles. The van der Waals surface area contributed by atoms with Gasteiger partial charge in [0, 0.05) is 0 Å². The number of alkyl halides is 1. The van der Waals surface area contributed by atoms with E-state index in [0.29, 0.717) is 0 Å². The van der Waals surface area contributed by atoms with Gasteiger partial charge in [-0.15, -0.1) is 0 Å². The number of anilines is 1. The van der Waals surface area contributed by atoms with E-state index in [1.54, 1.807) is 0 Å². The lowest BCUT2D eigenvalue weighted by atomic mass is 10.1. The molecule has 10 heteroatoms. The zero-order valence-corrected chi connectivity index (χ0v) is 10.8. The van der Waals surface area contributed by atoms with Crippen LogP contribution in [0, 0.1) is 0 Å². The van der Waals surface area contributed by atoms with Crippen molar-refractivity contribution in [2.75, 3.05) is 12.3 Å². The fourth-order valence-electron chi connectivity index (χ4n) is 2.18. The zero-order valence-electron chi connectivity index (χ0n) is 10.0. The first-order valence-corrected chi connectivity index (χ1v) is 6.14. The molecule has 3 heterocycles. The summed E-state index contributed by atoms with van der Waals surface area (Å²) in [5.41, 5.74) is 6.10. The van der Waals surface area contributed by atoms with E-state index in [1.807, 2.05) is 0 Å². The summed E-state index contributed by atoms with van der Waals surface area (Å²) in [6.07, 6.45) is -4.08. The molecule has 1 saturated heterocycles. The van der Waals surface area contributed by atoms with Crippen LogP contribution in [0.2, 0.25) is 5.28 Å². The molecule has 0 unspecified atom stereocenters. The molecule has 3 rings (SSSR count). The molecule has 108 valence electrons. The number of nitrogen functional groups attached to an aromatic ring is 1. The summed E-state index contributed by atoms with van der Waals surface area (Å²) >= 11 is 5.71. The number of hydrogen-bond acceptors (Lipinski definition) is 7. The van der Waals surface area contributed by atoms with Crippen LogP contribution in [0.3, 0.4) is 0 Å². The molecule has 0 amide bonds. The summed E-state index contributed by atoms with van der Waals surface area (Å²) in [6.45, 7) is -0.497. The van der Waals surface area contributed by atoms with Crippen LogP contribution in [0.25, 0.3) is 11.2 Å². The monoisotopic (exact) mass is 307 g/mol. The molecule has 2 aromatic rings. The number of aromatic nitrogens is 4. The average molecular weight is 308 g/mol. The smallest absolute Gasteiger partial charge is 0.226 e. The molecule has 8 nitrogen and oxygen atoms in total. The summed E-state index contributed by atoms with van der Waals surface area (Å²) < 4.78 is 20.6. The fourth-order valence-corrected chi connectivity index (χ4v) is 2.35. The van der Waals surface area contributed by atoms with Gasteiger partial charge in [-0.1, -0.05) is 0 Å². The topological polar surface area (TPSA) is 119 Å². The lowest BCUT2D eigenvalue weighted by Crippen LogP contribution is -2.30. The molecular formula is C10H11ClFN5O3. The van der Waals surface area contributed by atoms with Gasteiger partial charge in [-0.3, -0.25) is 4.57 Å². The number of ether oxygens (including phenoxy) is 1. The van der Waals surface area contributed by atoms with Crippen LogP contribution in [0.5, 0.6) is 0 Å². The van der Waals surface area contributed by atoms with E-state index < -0.39 is 31.2 Å².